The number of halogens is 1. The smallest absolute Gasteiger partial charge is 0.190 e. The number of aliphatic imine (C=N–C) groups is 1. The van der Waals surface area contributed by atoms with Crippen LogP contribution in [-0.2, 0) is 17.6 Å². The van der Waals surface area contributed by atoms with Crippen LogP contribution in [0.5, 0.6) is 0 Å². The van der Waals surface area contributed by atoms with Gasteiger partial charge in [-0.2, -0.15) is 0 Å². The average molecular weight is 484 g/mol. The van der Waals surface area contributed by atoms with Crippen LogP contribution in [0.15, 0.2) is 29.4 Å². The Bertz CT molecular complexity index is 724. The molecule has 0 saturated heterocycles. The predicted molar refractivity (Wildman–Crippen MR) is 124 cm³/mol. The summed E-state index contributed by atoms with van der Waals surface area (Å²) in [6.45, 7) is 5.72. The Balaban J connectivity index is 0.00000261. The van der Waals surface area contributed by atoms with E-state index >= 15 is 0 Å². The lowest BCUT2D eigenvalue weighted by Gasteiger charge is -2.12. The first-order valence-electron chi connectivity index (χ1n) is 9.92. The number of hydrogen-bond acceptors (Lipinski definition) is 2. The van der Waals surface area contributed by atoms with E-state index in [1.165, 1.54) is 34.9 Å². The highest BCUT2D eigenvalue weighted by molar-refractivity contribution is 14.0. The first kappa shape index (κ1) is 22.0. The molecule has 6 heteroatoms. The van der Waals surface area contributed by atoms with E-state index in [0.717, 1.165) is 57.4 Å². The number of guanidine groups is 1. The van der Waals surface area contributed by atoms with Gasteiger partial charge in [0.05, 0.1) is 0 Å². The lowest BCUT2D eigenvalue weighted by molar-refractivity contribution is 0.123. The number of aromatic nitrogens is 1. The van der Waals surface area contributed by atoms with Crippen molar-refractivity contribution in [3.05, 3.63) is 35.5 Å². The molecule has 0 spiro atoms. The summed E-state index contributed by atoms with van der Waals surface area (Å²) in [4.78, 5) is 7.74. The van der Waals surface area contributed by atoms with Crippen molar-refractivity contribution in [2.45, 2.75) is 39.0 Å². The minimum atomic E-state index is 0. The van der Waals surface area contributed by atoms with E-state index in [4.69, 9.17) is 4.74 Å². The van der Waals surface area contributed by atoms with Crippen molar-refractivity contribution >= 4 is 40.8 Å². The van der Waals surface area contributed by atoms with Crippen molar-refractivity contribution in [3.8, 4) is 0 Å². The van der Waals surface area contributed by atoms with E-state index in [2.05, 4.69) is 51.9 Å². The fourth-order valence-corrected chi connectivity index (χ4v) is 3.23. The third-order valence-corrected chi connectivity index (χ3v) is 4.99. The zero-order valence-corrected chi connectivity index (χ0v) is 18.8. The van der Waals surface area contributed by atoms with Crippen molar-refractivity contribution < 1.29 is 4.74 Å². The van der Waals surface area contributed by atoms with E-state index in [1.54, 1.807) is 0 Å². The van der Waals surface area contributed by atoms with E-state index < -0.39 is 0 Å². The lowest BCUT2D eigenvalue weighted by Crippen LogP contribution is -2.39. The van der Waals surface area contributed by atoms with Crippen LogP contribution in [0.4, 0.5) is 0 Å². The Morgan fingerprint density at radius 2 is 2.04 bits per heavy atom. The van der Waals surface area contributed by atoms with Crippen LogP contribution in [0.2, 0.25) is 0 Å². The maximum absolute atomic E-state index is 5.66. The number of aromatic amines is 1. The Kier molecular flexibility index (Phi) is 9.41. The molecule has 1 fully saturated rings. The lowest BCUT2D eigenvalue weighted by atomic mass is 10.1. The first-order chi connectivity index (χ1) is 12.8. The number of benzene rings is 1. The van der Waals surface area contributed by atoms with Gasteiger partial charge in [-0.1, -0.05) is 25.1 Å². The minimum absolute atomic E-state index is 0. The molecular formula is C21H33IN4O. The van der Waals surface area contributed by atoms with Gasteiger partial charge in [-0.3, -0.25) is 4.99 Å². The largest absolute Gasteiger partial charge is 0.381 e. The van der Waals surface area contributed by atoms with Crippen LogP contribution in [0.25, 0.3) is 10.9 Å². The van der Waals surface area contributed by atoms with Crippen LogP contribution < -0.4 is 10.6 Å². The van der Waals surface area contributed by atoms with Gasteiger partial charge in [-0.15, -0.1) is 24.0 Å². The highest BCUT2D eigenvalue weighted by Crippen LogP contribution is 2.28. The zero-order valence-electron chi connectivity index (χ0n) is 16.5. The molecule has 1 heterocycles. The van der Waals surface area contributed by atoms with E-state index in [1.807, 2.05) is 7.05 Å². The SMILES string of the molecule is CCc1cccc2c(CCNC(=NC)NCCCOCC3CC3)c[nH]c12.I. The van der Waals surface area contributed by atoms with Crippen molar-refractivity contribution in [3.63, 3.8) is 0 Å². The number of rotatable bonds is 10. The number of ether oxygens (including phenoxy) is 1. The third-order valence-electron chi connectivity index (χ3n) is 4.99. The normalized spacial score (nSPS) is 14.2. The number of H-pyrrole nitrogens is 1. The molecular weight excluding hydrogens is 451 g/mol. The number of hydrogen-bond donors (Lipinski definition) is 3. The number of aryl methyl sites for hydroxylation is 1. The second-order valence-electron chi connectivity index (χ2n) is 7.05. The average Bonchev–Trinajstić information content (AvgIpc) is 3.41. The fraction of sp³-hybridized carbons (Fsp3) is 0.571. The Morgan fingerprint density at radius 3 is 2.78 bits per heavy atom. The maximum Gasteiger partial charge on any atom is 0.190 e. The monoisotopic (exact) mass is 484 g/mol. The molecule has 0 atom stereocenters. The zero-order chi connectivity index (χ0) is 18.2. The quantitative estimate of drug-likeness (QED) is 0.208. The molecule has 0 unspecified atom stereocenters. The maximum atomic E-state index is 5.66. The standard InChI is InChI=1S/C21H32N4O.HI/c1-3-17-6-4-7-19-18(14-25-20(17)19)10-12-24-21(22-2)23-11-5-13-26-15-16-8-9-16;/h4,6-7,14,16,25H,3,5,8-13,15H2,1-2H3,(H2,22,23,24);1H. The summed E-state index contributed by atoms with van der Waals surface area (Å²) in [5.41, 5.74) is 4.01. The molecule has 27 heavy (non-hydrogen) atoms. The molecule has 0 amide bonds. The highest BCUT2D eigenvalue weighted by Gasteiger charge is 2.20. The van der Waals surface area contributed by atoms with Gasteiger partial charge in [0, 0.05) is 50.5 Å². The summed E-state index contributed by atoms with van der Waals surface area (Å²) in [5.74, 6) is 1.71. The summed E-state index contributed by atoms with van der Waals surface area (Å²) in [6, 6.07) is 6.55. The van der Waals surface area contributed by atoms with E-state index in [0.29, 0.717) is 0 Å². The second-order valence-corrected chi connectivity index (χ2v) is 7.05. The summed E-state index contributed by atoms with van der Waals surface area (Å²) in [7, 11) is 1.82. The van der Waals surface area contributed by atoms with Crippen molar-refractivity contribution in [2.75, 3.05) is 33.4 Å². The number of para-hydroxylation sites is 1. The van der Waals surface area contributed by atoms with Gasteiger partial charge in [-0.25, -0.2) is 0 Å². The van der Waals surface area contributed by atoms with Crippen LogP contribution in [-0.4, -0.2) is 44.3 Å². The minimum Gasteiger partial charge on any atom is -0.381 e. The molecule has 3 rings (SSSR count). The second kappa shape index (κ2) is 11.5. The molecule has 2 aromatic rings. The van der Waals surface area contributed by atoms with Gasteiger partial charge in [-0.05, 0) is 49.1 Å². The molecule has 1 aromatic heterocycles. The molecule has 1 saturated carbocycles. The molecule has 0 aliphatic heterocycles. The fourth-order valence-electron chi connectivity index (χ4n) is 3.23. The van der Waals surface area contributed by atoms with E-state index in [-0.39, 0.29) is 24.0 Å². The van der Waals surface area contributed by atoms with Gasteiger partial charge in [0.2, 0.25) is 0 Å². The van der Waals surface area contributed by atoms with Crippen LogP contribution in [0.3, 0.4) is 0 Å². The van der Waals surface area contributed by atoms with Crippen molar-refractivity contribution in [2.24, 2.45) is 10.9 Å². The molecule has 0 bridgehead atoms. The van der Waals surface area contributed by atoms with Crippen LogP contribution in [0.1, 0.15) is 37.3 Å². The first-order valence-corrected chi connectivity index (χ1v) is 9.92. The summed E-state index contributed by atoms with van der Waals surface area (Å²) in [6.07, 6.45) is 7.87. The van der Waals surface area contributed by atoms with Crippen molar-refractivity contribution in [1.29, 1.82) is 0 Å². The number of nitrogens with one attached hydrogen (secondary N) is 3. The Labute approximate surface area is 179 Å². The highest BCUT2D eigenvalue weighted by atomic mass is 127. The Hall–Kier alpha value is -1.28. The molecule has 0 radical (unpaired) electrons. The number of fused-ring (bicyclic) bond motifs is 1. The van der Waals surface area contributed by atoms with Gasteiger partial charge in [0.1, 0.15) is 0 Å². The molecule has 1 aliphatic rings. The predicted octanol–water partition coefficient (Wildman–Crippen LogP) is 3.87. The van der Waals surface area contributed by atoms with Gasteiger partial charge >= 0.3 is 0 Å². The molecule has 5 nitrogen and oxygen atoms in total. The van der Waals surface area contributed by atoms with Crippen molar-refractivity contribution in [1.82, 2.24) is 15.6 Å². The number of nitrogens with zero attached hydrogens (tertiary/aromatic N) is 1. The summed E-state index contributed by atoms with van der Waals surface area (Å²) >= 11 is 0. The topological polar surface area (TPSA) is 61.4 Å². The summed E-state index contributed by atoms with van der Waals surface area (Å²) in [5, 5.41) is 8.10. The van der Waals surface area contributed by atoms with Gasteiger partial charge < -0.3 is 20.4 Å². The van der Waals surface area contributed by atoms with Gasteiger partial charge in [0.15, 0.2) is 5.96 Å². The molecule has 1 aliphatic carbocycles. The molecule has 150 valence electrons. The van der Waals surface area contributed by atoms with Crippen LogP contribution in [0, 0.1) is 5.92 Å². The summed E-state index contributed by atoms with van der Waals surface area (Å²) < 4.78 is 5.66. The van der Waals surface area contributed by atoms with E-state index in [9.17, 15) is 0 Å². The molecule has 1 aromatic carbocycles. The Morgan fingerprint density at radius 1 is 1.22 bits per heavy atom. The molecule has 3 N–H and O–H groups in total. The van der Waals surface area contributed by atoms with Gasteiger partial charge in [0.25, 0.3) is 0 Å². The third kappa shape index (κ3) is 6.68. The van der Waals surface area contributed by atoms with Crippen LogP contribution >= 0.6 is 24.0 Å².